The Labute approximate surface area is 198 Å². The molecule has 2 aromatic heterocycles. The summed E-state index contributed by atoms with van der Waals surface area (Å²) in [6, 6.07) is 13.2. The van der Waals surface area contributed by atoms with Gasteiger partial charge in [0.05, 0.1) is 35.0 Å². The number of nitro groups is 1. The molecular weight excluding hydrogens is 512 g/mol. The topological polar surface area (TPSA) is 131 Å². The van der Waals surface area contributed by atoms with Crippen molar-refractivity contribution in [2.45, 2.75) is 0 Å². The van der Waals surface area contributed by atoms with Gasteiger partial charge in [0.2, 0.25) is 0 Å². The van der Waals surface area contributed by atoms with Crippen LogP contribution in [0.25, 0.3) is 27.8 Å². The first-order valence-electron chi connectivity index (χ1n) is 9.28. The third-order valence-electron chi connectivity index (χ3n) is 4.59. The molecule has 2 aromatic carbocycles. The van der Waals surface area contributed by atoms with E-state index in [0.29, 0.717) is 22.0 Å². The molecule has 9 nitrogen and oxygen atoms in total. The van der Waals surface area contributed by atoms with E-state index >= 15 is 0 Å². The fourth-order valence-electron chi connectivity index (χ4n) is 3.00. The molecule has 164 valence electrons. The number of benzene rings is 2. The summed E-state index contributed by atoms with van der Waals surface area (Å²) in [6.45, 7) is 0. The number of methoxy groups -OCH3 is 1. The van der Waals surface area contributed by atoms with Crippen LogP contribution < -0.4 is 15.7 Å². The molecule has 0 unspecified atom stereocenters. The van der Waals surface area contributed by atoms with E-state index in [1.165, 1.54) is 42.8 Å². The average Bonchev–Trinajstić information content (AvgIpc) is 3.29. The number of fused-ring (bicyclic) bond motifs is 1. The van der Waals surface area contributed by atoms with Crippen molar-refractivity contribution in [2.24, 2.45) is 0 Å². The van der Waals surface area contributed by atoms with Gasteiger partial charge >= 0.3 is 5.63 Å². The number of allylic oxidation sites excluding steroid dienone is 1. The first-order valence-corrected chi connectivity index (χ1v) is 11.0. The van der Waals surface area contributed by atoms with Gasteiger partial charge in [0.15, 0.2) is 0 Å². The van der Waals surface area contributed by atoms with Gasteiger partial charge < -0.3 is 14.5 Å². The predicted octanol–water partition coefficient (Wildman–Crippen LogP) is 5.57. The highest BCUT2D eigenvalue weighted by Crippen LogP contribution is 2.31. The third-order valence-corrected chi connectivity index (χ3v) is 5.96. The molecule has 0 aliphatic carbocycles. The molecule has 33 heavy (non-hydrogen) atoms. The van der Waals surface area contributed by atoms with Crippen LogP contribution in [0.4, 0.5) is 11.4 Å². The molecular formula is C22H13BrN4O5S. The molecule has 0 aliphatic rings. The van der Waals surface area contributed by atoms with Crippen molar-refractivity contribution in [1.82, 2.24) is 4.98 Å². The van der Waals surface area contributed by atoms with Gasteiger partial charge in [-0.15, -0.1) is 11.3 Å². The normalized spacial score (nSPS) is 11.2. The second kappa shape index (κ2) is 9.23. The number of thiazole rings is 1. The zero-order chi connectivity index (χ0) is 23.5. The Balaban J connectivity index is 1.65. The summed E-state index contributed by atoms with van der Waals surface area (Å²) in [5.74, 6) is 0.248. The monoisotopic (exact) mass is 524 g/mol. The number of non-ortho nitro benzene ring substituents is 1. The van der Waals surface area contributed by atoms with Crippen molar-refractivity contribution < 1.29 is 14.1 Å². The Morgan fingerprint density at radius 1 is 1.33 bits per heavy atom. The Morgan fingerprint density at radius 2 is 2.15 bits per heavy atom. The van der Waals surface area contributed by atoms with Gasteiger partial charge in [-0.2, -0.15) is 5.26 Å². The molecule has 1 N–H and O–H groups in total. The van der Waals surface area contributed by atoms with Crippen LogP contribution in [0, 0.1) is 21.4 Å². The van der Waals surface area contributed by atoms with Crippen LogP contribution in [0.15, 0.2) is 67.7 Å². The van der Waals surface area contributed by atoms with Gasteiger partial charge in [-0.1, -0.05) is 15.9 Å². The van der Waals surface area contributed by atoms with Crippen molar-refractivity contribution in [3.8, 4) is 23.1 Å². The lowest BCUT2D eigenvalue weighted by Crippen LogP contribution is -2.03. The molecule has 2 heterocycles. The summed E-state index contributed by atoms with van der Waals surface area (Å²) in [5.41, 5.74) is 1.13. The van der Waals surface area contributed by atoms with Crippen LogP contribution in [0.5, 0.6) is 5.75 Å². The molecule has 0 saturated heterocycles. The summed E-state index contributed by atoms with van der Waals surface area (Å²) in [5, 5.41) is 26.3. The first-order chi connectivity index (χ1) is 15.9. The van der Waals surface area contributed by atoms with Crippen LogP contribution in [-0.2, 0) is 0 Å². The van der Waals surface area contributed by atoms with Crippen LogP contribution in [0.1, 0.15) is 5.01 Å². The second-order valence-corrected chi connectivity index (χ2v) is 8.40. The van der Waals surface area contributed by atoms with Crippen molar-refractivity contribution >= 4 is 55.2 Å². The number of anilines is 1. The van der Waals surface area contributed by atoms with E-state index in [-0.39, 0.29) is 22.6 Å². The molecule has 0 amide bonds. The lowest BCUT2D eigenvalue weighted by molar-refractivity contribution is -0.384. The van der Waals surface area contributed by atoms with Crippen molar-refractivity contribution in [1.29, 1.82) is 5.26 Å². The van der Waals surface area contributed by atoms with Gasteiger partial charge in [-0.25, -0.2) is 9.78 Å². The van der Waals surface area contributed by atoms with E-state index in [2.05, 4.69) is 32.3 Å². The highest BCUT2D eigenvalue weighted by atomic mass is 79.9. The van der Waals surface area contributed by atoms with Crippen LogP contribution in [0.2, 0.25) is 0 Å². The van der Waals surface area contributed by atoms with Gasteiger partial charge in [0, 0.05) is 27.5 Å². The van der Waals surface area contributed by atoms with E-state index in [4.69, 9.17) is 9.15 Å². The minimum Gasteiger partial charge on any atom is -0.494 e. The highest BCUT2D eigenvalue weighted by molar-refractivity contribution is 9.10. The van der Waals surface area contributed by atoms with Crippen LogP contribution in [-0.4, -0.2) is 17.0 Å². The first kappa shape index (κ1) is 22.2. The maximum atomic E-state index is 12.5. The molecule has 11 heteroatoms. The summed E-state index contributed by atoms with van der Waals surface area (Å²) in [6.07, 6.45) is 1.42. The smallest absolute Gasteiger partial charge is 0.345 e. The quantitative estimate of drug-likeness (QED) is 0.150. The Morgan fingerprint density at radius 3 is 2.88 bits per heavy atom. The standard InChI is InChI=1S/C22H13BrN4O5S/c1-31-20-8-15(27(29)30)3-4-17(20)25-10-13(9-24)21-26-18(11-33-21)16-7-12-6-14(23)2-5-19(12)32-22(16)28/h2-8,10-11,25H,1H3. The number of nitrogens with one attached hydrogen (secondary N) is 1. The number of hydrogen-bond donors (Lipinski definition) is 1. The van der Waals surface area contributed by atoms with Gasteiger partial charge in [0.25, 0.3) is 5.69 Å². The zero-order valence-corrected chi connectivity index (χ0v) is 19.3. The molecule has 4 aromatic rings. The van der Waals surface area contributed by atoms with E-state index in [1.54, 1.807) is 23.6 Å². The van der Waals surface area contributed by atoms with Gasteiger partial charge in [-0.3, -0.25) is 10.1 Å². The molecule has 0 aliphatic heterocycles. The van der Waals surface area contributed by atoms with Crippen molar-refractivity contribution in [2.75, 3.05) is 12.4 Å². The van der Waals surface area contributed by atoms with Gasteiger partial charge in [-0.05, 0) is 30.3 Å². The fourth-order valence-corrected chi connectivity index (χ4v) is 4.16. The molecule has 0 atom stereocenters. The third kappa shape index (κ3) is 4.62. The van der Waals surface area contributed by atoms with Crippen LogP contribution >= 0.6 is 27.3 Å². The van der Waals surface area contributed by atoms with Crippen molar-refractivity contribution in [3.63, 3.8) is 0 Å². The van der Waals surface area contributed by atoms with Crippen LogP contribution in [0.3, 0.4) is 0 Å². The molecule has 0 spiro atoms. The molecule has 0 bridgehead atoms. The fraction of sp³-hybridized carbons (Fsp3) is 0.0455. The maximum Gasteiger partial charge on any atom is 0.345 e. The minimum absolute atomic E-state index is 0.118. The predicted molar refractivity (Wildman–Crippen MR) is 128 cm³/mol. The number of ether oxygens (including phenoxy) is 1. The molecule has 0 radical (unpaired) electrons. The van der Waals surface area contributed by atoms with E-state index in [9.17, 15) is 20.2 Å². The summed E-state index contributed by atoms with van der Waals surface area (Å²) >= 11 is 4.59. The van der Waals surface area contributed by atoms with Gasteiger partial charge in [0.1, 0.15) is 28.0 Å². The number of nitro benzene ring substituents is 1. The molecule has 4 rings (SSSR count). The van der Waals surface area contributed by atoms with E-state index < -0.39 is 10.5 Å². The molecule has 0 fully saturated rings. The van der Waals surface area contributed by atoms with E-state index in [1.807, 2.05) is 6.07 Å². The maximum absolute atomic E-state index is 12.5. The lowest BCUT2D eigenvalue weighted by Gasteiger charge is -2.08. The van der Waals surface area contributed by atoms with E-state index in [0.717, 1.165) is 9.86 Å². The number of rotatable bonds is 6. The van der Waals surface area contributed by atoms with Crippen molar-refractivity contribution in [3.05, 3.63) is 84.1 Å². The number of halogens is 1. The number of hydrogen-bond acceptors (Lipinski definition) is 9. The summed E-state index contributed by atoms with van der Waals surface area (Å²) in [7, 11) is 1.39. The largest absolute Gasteiger partial charge is 0.494 e. The second-order valence-electron chi connectivity index (χ2n) is 6.62. The lowest BCUT2D eigenvalue weighted by atomic mass is 10.1. The minimum atomic E-state index is -0.530. The average molecular weight is 525 g/mol. The summed E-state index contributed by atoms with van der Waals surface area (Å²) < 4.78 is 11.4. The SMILES string of the molecule is COc1cc([N+](=O)[O-])ccc1NC=C(C#N)c1nc(-c2cc3cc(Br)ccc3oc2=O)cs1. The Bertz CT molecular complexity index is 1520. The Kier molecular flexibility index (Phi) is 6.21. The number of aromatic nitrogens is 1. The number of nitriles is 1. The Hall–Kier alpha value is -4.01. The zero-order valence-electron chi connectivity index (χ0n) is 16.9. The number of nitrogens with zero attached hydrogens (tertiary/aromatic N) is 3. The highest BCUT2D eigenvalue weighted by Gasteiger charge is 2.15. The summed E-state index contributed by atoms with van der Waals surface area (Å²) in [4.78, 5) is 27.3. The molecule has 0 saturated carbocycles.